The van der Waals surface area contributed by atoms with Crippen molar-refractivity contribution in [2.75, 3.05) is 13.2 Å². The Bertz CT molecular complexity index is 949. The fraction of sp³-hybridized carbons (Fsp3) is 0.766. The van der Waals surface area contributed by atoms with Gasteiger partial charge in [0.15, 0.2) is 6.10 Å². The summed E-state index contributed by atoms with van der Waals surface area (Å²) in [6, 6.07) is 0. The van der Waals surface area contributed by atoms with Crippen LogP contribution in [0.4, 0.5) is 0 Å². The van der Waals surface area contributed by atoms with Gasteiger partial charge in [0.2, 0.25) is 0 Å². The maximum Gasteiger partial charge on any atom is 0.306 e. The highest BCUT2D eigenvalue weighted by atomic mass is 16.6. The molecule has 0 aliphatic heterocycles. The number of carbonyl (C=O) groups is 3. The standard InChI is InChI=1S/C47H82O6/c1-4-7-10-13-16-19-22-24-26-28-31-34-37-40-46(49)52-43-44(42-51-45(48)39-36-33-30-27-21-18-15-12-9-6-3)53-47(50)41-38-35-32-29-25-23-20-17-14-11-8-5-2/h7,10,13,15-16,18-19,22,44H,4-6,8-9,11-12,14,17,20-21,23-43H2,1-3H3/b10-7-,16-13-,18-15-,22-19-. The first-order chi connectivity index (χ1) is 26.0. The normalized spacial score (nSPS) is 12.4. The summed E-state index contributed by atoms with van der Waals surface area (Å²) in [4.78, 5) is 37.6. The average Bonchev–Trinajstić information content (AvgIpc) is 3.15. The third-order valence-corrected chi connectivity index (χ3v) is 9.38. The van der Waals surface area contributed by atoms with E-state index in [9.17, 15) is 14.4 Å². The van der Waals surface area contributed by atoms with E-state index >= 15 is 0 Å². The quantitative estimate of drug-likeness (QED) is 0.0205. The van der Waals surface area contributed by atoms with E-state index in [1.165, 1.54) is 70.6 Å². The van der Waals surface area contributed by atoms with Gasteiger partial charge in [-0.25, -0.2) is 0 Å². The second-order valence-corrected chi connectivity index (χ2v) is 14.6. The Morgan fingerprint density at radius 2 is 0.774 bits per heavy atom. The van der Waals surface area contributed by atoms with Gasteiger partial charge in [-0.3, -0.25) is 14.4 Å². The summed E-state index contributed by atoms with van der Waals surface area (Å²) in [5.41, 5.74) is 0. The van der Waals surface area contributed by atoms with Crippen molar-refractivity contribution < 1.29 is 28.6 Å². The zero-order valence-corrected chi connectivity index (χ0v) is 34.8. The molecule has 0 aromatic heterocycles. The van der Waals surface area contributed by atoms with Crippen LogP contribution in [0.2, 0.25) is 0 Å². The van der Waals surface area contributed by atoms with Crippen LogP contribution < -0.4 is 0 Å². The van der Waals surface area contributed by atoms with E-state index in [0.717, 1.165) is 103 Å². The molecule has 306 valence electrons. The van der Waals surface area contributed by atoms with E-state index in [4.69, 9.17) is 14.2 Å². The van der Waals surface area contributed by atoms with Crippen molar-refractivity contribution in [3.8, 4) is 0 Å². The van der Waals surface area contributed by atoms with Crippen molar-refractivity contribution in [1.29, 1.82) is 0 Å². The van der Waals surface area contributed by atoms with Crippen molar-refractivity contribution >= 4 is 17.9 Å². The first-order valence-corrected chi connectivity index (χ1v) is 22.2. The maximum absolute atomic E-state index is 12.7. The van der Waals surface area contributed by atoms with Gasteiger partial charge < -0.3 is 14.2 Å². The number of hydrogen-bond acceptors (Lipinski definition) is 6. The van der Waals surface area contributed by atoms with Crippen molar-refractivity contribution in [2.24, 2.45) is 0 Å². The van der Waals surface area contributed by atoms with Gasteiger partial charge in [0.05, 0.1) is 0 Å². The number of hydrogen-bond donors (Lipinski definition) is 0. The molecule has 0 amide bonds. The number of rotatable bonds is 39. The first-order valence-electron chi connectivity index (χ1n) is 22.2. The van der Waals surface area contributed by atoms with E-state index in [1.807, 2.05) is 0 Å². The van der Waals surface area contributed by atoms with Crippen molar-refractivity contribution in [1.82, 2.24) is 0 Å². The minimum absolute atomic E-state index is 0.0848. The molecule has 0 aromatic carbocycles. The molecule has 1 unspecified atom stereocenters. The number of esters is 3. The molecule has 6 heteroatoms. The van der Waals surface area contributed by atoms with E-state index in [1.54, 1.807) is 0 Å². The summed E-state index contributed by atoms with van der Waals surface area (Å²) >= 11 is 0. The topological polar surface area (TPSA) is 78.9 Å². The molecule has 0 N–H and O–H groups in total. The molecule has 1 atom stereocenters. The lowest BCUT2D eigenvalue weighted by Crippen LogP contribution is -2.30. The summed E-state index contributed by atoms with van der Waals surface area (Å²) in [6.45, 7) is 6.42. The van der Waals surface area contributed by atoms with Crippen LogP contribution in [0, 0.1) is 0 Å². The first kappa shape index (κ1) is 50.4. The summed E-state index contributed by atoms with van der Waals surface area (Å²) in [5.74, 6) is -0.920. The number of unbranched alkanes of at least 4 members (excludes halogenated alkanes) is 22. The molecule has 6 nitrogen and oxygen atoms in total. The molecule has 0 aliphatic carbocycles. The second kappa shape index (κ2) is 42.1. The summed E-state index contributed by atoms with van der Waals surface area (Å²) in [5, 5.41) is 0. The molecule has 0 rings (SSSR count). The molecule has 53 heavy (non-hydrogen) atoms. The highest BCUT2D eigenvalue weighted by Crippen LogP contribution is 2.14. The summed E-state index contributed by atoms with van der Waals surface area (Å²) in [6.07, 6.45) is 48.0. The Hall–Kier alpha value is -2.63. The van der Waals surface area contributed by atoms with Gasteiger partial charge in [0, 0.05) is 19.3 Å². The molecule has 0 aromatic rings. The molecule has 0 saturated heterocycles. The molecule has 0 radical (unpaired) electrons. The fourth-order valence-corrected chi connectivity index (χ4v) is 6.01. The largest absolute Gasteiger partial charge is 0.462 e. The van der Waals surface area contributed by atoms with Gasteiger partial charge in [-0.1, -0.05) is 185 Å². The minimum atomic E-state index is -0.780. The van der Waals surface area contributed by atoms with Crippen LogP contribution in [0.1, 0.15) is 213 Å². The molecule has 0 heterocycles. The van der Waals surface area contributed by atoms with Gasteiger partial charge in [-0.2, -0.15) is 0 Å². The van der Waals surface area contributed by atoms with E-state index < -0.39 is 6.10 Å². The maximum atomic E-state index is 12.7. The van der Waals surface area contributed by atoms with Crippen LogP contribution in [0.5, 0.6) is 0 Å². The number of allylic oxidation sites excluding steroid dienone is 8. The molecule has 0 aliphatic rings. The van der Waals surface area contributed by atoms with E-state index in [2.05, 4.69) is 69.4 Å². The van der Waals surface area contributed by atoms with Crippen LogP contribution in [-0.4, -0.2) is 37.2 Å². The summed E-state index contributed by atoms with van der Waals surface area (Å²) in [7, 11) is 0. The van der Waals surface area contributed by atoms with Gasteiger partial charge in [-0.05, 0) is 57.8 Å². The lowest BCUT2D eigenvalue weighted by atomic mass is 10.0. The predicted octanol–water partition coefficient (Wildman–Crippen LogP) is 14.0. The third kappa shape index (κ3) is 40.4. The molecular formula is C47H82O6. The lowest BCUT2D eigenvalue weighted by Gasteiger charge is -2.18. The number of carbonyl (C=O) groups excluding carboxylic acids is 3. The van der Waals surface area contributed by atoms with Gasteiger partial charge in [-0.15, -0.1) is 0 Å². The zero-order chi connectivity index (χ0) is 38.7. The van der Waals surface area contributed by atoms with Gasteiger partial charge in [0.25, 0.3) is 0 Å². The highest BCUT2D eigenvalue weighted by Gasteiger charge is 2.19. The van der Waals surface area contributed by atoms with Crippen molar-refractivity contribution in [3.63, 3.8) is 0 Å². The van der Waals surface area contributed by atoms with E-state index in [0.29, 0.717) is 19.3 Å². The van der Waals surface area contributed by atoms with Crippen LogP contribution >= 0.6 is 0 Å². The Balaban J connectivity index is 4.41. The van der Waals surface area contributed by atoms with Gasteiger partial charge >= 0.3 is 17.9 Å². The van der Waals surface area contributed by atoms with Crippen molar-refractivity contribution in [2.45, 2.75) is 219 Å². The highest BCUT2D eigenvalue weighted by molar-refractivity contribution is 5.71. The average molecular weight is 743 g/mol. The van der Waals surface area contributed by atoms with Gasteiger partial charge in [0.1, 0.15) is 13.2 Å². The Labute approximate surface area is 327 Å². The SMILES string of the molecule is CC\C=C/C=C\C=C/CCCCCCCC(=O)OCC(COC(=O)CCCCCC/C=C\CCCC)OC(=O)CCCCCCCCCCCCCC. The van der Waals surface area contributed by atoms with Crippen LogP contribution in [0.15, 0.2) is 48.6 Å². The molecule has 0 fully saturated rings. The third-order valence-electron chi connectivity index (χ3n) is 9.38. The summed E-state index contributed by atoms with van der Waals surface area (Å²) < 4.78 is 16.7. The van der Waals surface area contributed by atoms with Crippen LogP contribution in [0.25, 0.3) is 0 Å². The zero-order valence-electron chi connectivity index (χ0n) is 34.8. The fourth-order valence-electron chi connectivity index (χ4n) is 6.01. The Kier molecular flexibility index (Phi) is 40.0. The molecule has 0 bridgehead atoms. The monoisotopic (exact) mass is 743 g/mol. The second-order valence-electron chi connectivity index (χ2n) is 14.6. The minimum Gasteiger partial charge on any atom is -0.462 e. The lowest BCUT2D eigenvalue weighted by molar-refractivity contribution is -0.167. The van der Waals surface area contributed by atoms with Crippen molar-refractivity contribution in [3.05, 3.63) is 48.6 Å². The molecular weight excluding hydrogens is 661 g/mol. The molecule has 0 spiro atoms. The van der Waals surface area contributed by atoms with Crippen LogP contribution in [-0.2, 0) is 28.6 Å². The Morgan fingerprint density at radius 1 is 0.396 bits per heavy atom. The number of ether oxygens (including phenoxy) is 3. The Morgan fingerprint density at radius 3 is 1.25 bits per heavy atom. The molecule has 0 saturated carbocycles. The predicted molar refractivity (Wildman–Crippen MR) is 224 cm³/mol. The van der Waals surface area contributed by atoms with Crippen LogP contribution in [0.3, 0.4) is 0 Å². The van der Waals surface area contributed by atoms with E-state index in [-0.39, 0.29) is 31.1 Å². The smallest absolute Gasteiger partial charge is 0.306 e.